The summed E-state index contributed by atoms with van der Waals surface area (Å²) in [6, 6.07) is 5.43. The lowest BCUT2D eigenvalue weighted by Gasteiger charge is -1.99. The number of halogens is 1. The highest BCUT2D eigenvalue weighted by molar-refractivity contribution is 6.36. The zero-order valence-corrected chi connectivity index (χ0v) is 7.54. The second-order valence-corrected chi connectivity index (χ2v) is 3.12. The minimum Gasteiger partial charge on any atom is -0.464 e. The van der Waals surface area contributed by atoms with Gasteiger partial charge >= 0.3 is 0 Å². The fraction of sp³-hybridized carbons (Fsp3) is 0.100. The number of hydrogen-bond donors (Lipinski definition) is 0. The van der Waals surface area contributed by atoms with Crippen molar-refractivity contribution in [1.82, 2.24) is 0 Å². The third-order valence-electron chi connectivity index (χ3n) is 1.95. The summed E-state index contributed by atoms with van der Waals surface area (Å²) in [5.41, 5.74) is 1.59. The average molecular weight is 195 g/mol. The summed E-state index contributed by atoms with van der Waals surface area (Å²) in [5.74, 6) is 0. The van der Waals surface area contributed by atoms with Gasteiger partial charge in [-0.25, -0.2) is 0 Å². The molecule has 0 aliphatic rings. The predicted molar refractivity (Wildman–Crippen MR) is 51.0 cm³/mol. The van der Waals surface area contributed by atoms with E-state index in [1.165, 1.54) is 0 Å². The molecule has 0 aliphatic carbocycles. The van der Waals surface area contributed by atoms with Crippen molar-refractivity contribution in [2.75, 3.05) is 0 Å². The molecule has 66 valence electrons. The van der Waals surface area contributed by atoms with Crippen LogP contribution in [-0.2, 0) is 11.2 Å². The number of carbonyl (C=O) groups excluding carboxylic acids is 1. The Bertz CT molecular complexity index is 445. The van der Waals surface area contributed by atoms with E-state index < -0.39 is 0 Å². The molecule has 0 radical (unpaired) electrons. The normalized spacial score (nSPS) is 10.5. The minimum atomic E-state index is 0.347. The van der Waals surface area contributed by atoms with Crippen LogP contribution >= 0.6 is 11.6 Å². The second kappa shape index (κ2) is 3.23. The van der Waals surface area contributed by atoms with E-state index in [1.807, 2.05) is 12.1 Å². The average Bonchev–Trinajstić information content (AvgIpc) is 2.58. The van der Waals surface area contributed by atoms with Crippen molar-refractivity contribution in [1.29, 1.82) is 0 Å². The molecule has 3 heteroatoms. The molecule has 0 saturated carbocycles. The van der Waals surface area contributed by atoms with Crippen LogP contribution in [0.3, 0.4) is 0 Å². The van der Waals surface area contributed by atoms with Gasteiger partial charge in [-0.15, -0.1) is 0 Å². The molecule has 0 bridgehead atoms. The van der Waals surface area contributed by atoms with Crippen LogP contribution in [0.25, 0.3) is 11.0 Å². The van der Waals surface area contributed by atoms with Gasteiger partial charge in [0.25, 0.3) is 0 Å². The lowest BCUT2D eigenvalue weighted by Crippen LogP contribution is -1.86. The summed E-state index contributed by atoms with van der Waals surface area (Å²) in [4.78, 5) is 10.3. The smallest absolute Gasteiger partial charge is 0.135 e. The van der Waals surface area contributed by atoms with Crippen LogP contribution < -0.4 is 0 Å². The molecule has 0 atom stereocenters. The van der Waals surface area contributed by atoms with Gasteiger partial charge in [-0.2, -0.15) is 0 Å². The molecule has 0 saturated heterocycles. The molecule has 0 spiro atoms. The third-order valence-corrected chi connectivity index (χ3v) is 2.40. The predicted octanol–water partition coefficient (Wildman–Crippen LogP) is 2.83. The Labute approximate surface area is 80.1 Å². The SMILES string of the molecule is O=CCc1ccc2occc2c1Cl. The van der Waals surface area contributed by atoms with E-state index in [9.17, 15) is 4.79 Å². The number of furan rings is 1. The highest BCUT2D eigenvalue weighted by Crippen LogP contribution is 2.27. The second-order valence-electron chi connectivity index (χ2n) is 2.74. The van der Waals surface area contributed by atoms with Gasteiger partial charge in [0, 0.05) is 11.8 Å². The highest BCUT2D eigenvalue weighted by Gasteiger charge is 2.06. The van der Waals surface area contributed by atoms with Gasteiger partial charge in [-0.05, 0) is 17.7 Å². The number of hydrogen-bond acceptors (Lipinski definition) is 2. The van der Waals surface area contributed by atoms with E-state index in [-0.39, 0.29) is 0 Å². The standard InChI is InChI=1S/C10H7ClO2/c11-10-7(3-5-12)1-2-9-8(10)4-6-13-9/h1-2,4-6H,3H2. The van der Waals surface area contributed by atoms with Gasteiger partial charge in [-0.1, -0.05) is 17.7 Å². The molecule has 0 fully saturated rings. The first-order valence-electron chi connectivity index (χ1n) is 3.91. The van der Waals surface area contributed by atoms with Gasteiger partial charge in [0.2, 0.25) is 0 Å². The van der Waals surface area contributed by atoms with Crippen LogP contribution in [0.2, 0.25) is 5.02 Å². The Kier molecular flexibility index (Phi) is 2.07. The van der Waals surface area contributed by atoms with Crippen molar-refractivity contribution >= 4 is 28.9 Å². The van der Waals surface area contributed by atoms with E-state index in [1.54, 1.807) is 12.3 Å². The molecular formula is C10H7ClO2. The van der Waals surface area contributed by atoms with Crippen LogP contribution in [-0.4, -0.2) is 6.29 Å². The van der Waals surface area contributed by atoms with Crippen molar-refractivity contribution in [3.63, 3.8) is 0 Å². The Morgan fingerprint density at radius 3 is 3.00 bits per heavy atom. The molecule has 0 N–H and O–H groups in total. The van der Waals surface area contributed by atoms with E-state index in [0.717, 1.165) is 22.8 Å². The van der Waals surface area contributed by atoms with E-state index in [2.05, 4.69) is 0 Å². The van der Waals surface area contributed by atoms with Gasteiger partial charge in [0.1, 0.15) is 11.9 Å². The Morgan fingerprint density at radius 2 is 2.23 bits per heavy atom. The molecule has 1 aromatic carbocycles. The maximum atomic E-state index is 10.3. The quantitative estimate of drug-likeness (QED) is 0.689. The zero-order chi connectivity index (χ0) is 9.26. The lowest BCUT2D eigenvalue weighted by atomic mass is 10.1. The highest BCUT2D eigenvalue weighted by atomic mass is 35.5. The van der Waals surface area contributed by atoms with Crippen molar-refractivity contribution in [2.24, 2.45) is 0 Å². The van der Waals surface area contributed by atoms with Gasteiger partial charge in [-0.3, -0.25) is 0 Å². The van der Waals surface area contributed by atoms with Gasteiger partial charge in [0.05, 0.1) is 11.3 Å². The Hall–Kier alpha value is -1.28. The summed E-state index contributed by atoms with van der Waals surface area (Å²) in [5, 5.41) is 1.47. The first-order chi connectivity index (χ1) is 6.33. The van der Waals surface area contributed by atoms with Crippen LogP contribution in [0.5, 0.6) is 0 Å². The number of aldehydes is 1. The number of rotatable bonds is 2. The van der Waals surface area contributed by atoms with Crippen molar-refractivity contribution in [3.05, 3.63) is 35.0 Å². The lowest BCUT2D eigenvalue weighted by molar-refractivity contribution is -0.107. The molecular weight excluding hydrogens is 188 g/mol. The molecule has 2 nitrogen and oxygen atoms in total. The maximum absolute atomic E-state index is 10.3. The topological polar surface area (TPSA) is 30.2 Å². The summed E-state index contributed by atoms with van der Waals surface area (Å²) < 4.78 is 5.16. The van der Waals surface area contributed by atoms with E-state index in [4.69, 9.17) is 16.0 Å². The molecule has 1 heterocycles. The maximum Gasteiger partial charge on any atom is 0.135 e. The minimum absolute atomic E-state index is 0.347. The number of fused-ring (bicyclic) bond motifs is 1. The molecule has 0 aliphatic heterocycles. The van der Waals surface area contributed by atoms with Gasteiger partial charge < -0.3 is 9.21 Å². The Balaban J connectivity index is 2.65. The molecule has 0 unspecified atom stereocenters. The molecule has 2 aromatic rings. The van der Waals surface area contributed by atoms with Gasteiger partial charge in [0.15, 0.2) is 0 Å². The number of benzene rings is 1. The van der Waals surface area contributed by atoms with Crippen molar-refractivity contribution in [3.8, 4) is 0 Å². The third kappa shape index (κ3) is 1.33. The monoisotopic (exact) mass is 194 g/mol. The molecule has 1 aromatic heterocycles. The summed E-state index contributed by atoms with van der Waals surface area (Å²) in [6.45, 7) is 0. The summed E-state index contributed by atoms with van der Waals surface area (Å²) in [7, 11) is 0. The summed E-state index contributed by atoms with van der Waals surface area (Å²) in [6.07, 6.45) is 2.77. The van der Waals surface area contributed by atoms with Crippen LogP contribution in [0, 0.1) is 0 Å². The molecule has 0 amide bonds. The van der Waals surface area contributed by atoms with E-state index >= 15 is 0 Å². The van der Waals surface area contributed by atoms with Crippen molar-refractivity contribution < 1.29 is 9.21 Å². The van der Waals surface area contributed by atoms with Crippen molar-refractivity contribution in [2.45, 2.75) is 6.42 Å². The fourth-order valence-electron chi connectivity index (χ4n) is 1.30. The largest absolute Gasteiger partial charge is 0.464 e. The van der Waals surface area contributed by atoms with E-state index in [0.29, 0.717) is 11.4 Å². The molecule has 13 heavy (non-hydrogen) atoms. The Morgan fingerprint density at radius 1 is 1.38 bits per heavy atom. The first kappa shape index (κ1) is 8.32. The van der Waals surface area contributed by atoms with Crippen LogP contribution in [0.15, 0.2) is 28.9 Å². The first-order valence-corrected chi connectivity index (χ1v) is 4.29. The fourth-order valence-corrected chi connectivity index (χ4v) is 1.60. The molecule has 2 rings (SSSR count). The number of carbonyl (C=O) groups is 1. The van der Waals surface area contributed by atoms with Crippen LogP contribution in [0.1, 0.15) is 5.56 Å². The zero-order valence-electron chi connectivity index (χ0n) is 6.79. The van der Waals surface area contributed by atoms with Crippen LogP contribution in [0.4, 0.5) is 0 Å². The summed E-state index contributed by atoms with van der Waals surface area (Å²) >= 11 is 6.04.